The number of rotatable bonds is 4. The number of likely N-dealkylation sites (tertiary alicyclic amines) is 1. The highest BCUT2D eigenvalue weighted by Gasteiger charge is 2.35. The summed E-state index contributed by atoms with van der Waals surface area (Å²) in [6.45, 7) is 0.834. The maximum absolute atomic E-state index is 13.1. The number of carbonyl (C=O) groups is 2. The Bertz CT molecular complexity index is 1260. The summed E-state index contributed by atoms with van der Waals surface area (Å²) in [7, 11) is 0. The van der Waals surface area contributed by atoms with Crippen LogP contribution in [0.25, 0.3) is 10.6 Å². The molecular formula is C22H18N4O6S. The quantitative estimate of drug-likeness (QED) is 0.625. The summed E-state index contributed by atoms with van der Waals surface area (Å²) in [5, 5.41) is 12.1. The number of benzene rings is 2. The highest BCUT2D eigenvalue weighted by atomic mass is 32.1. The van der Waals surface area contributed by atoms with E-state index in [0.29, 0.717) is 51.7 Å². The fourth-order valence-electron chi connectivity index (χ4n) is 4.09. The predicted octanol–water partition coefficient (Wildman–Crippen LogP) is 2.91. The summed E-state index contributed by atoms with van der Waals surface area (Å²) >= 11 is 1.25. The Kier molecular flexibility index (Phi) is 4.75. The average molecular weight is 466 g/mol. The normalized spacial score (nSPS) is 17.9. The molecule has 4 heterocycles. The van der Waals surface area contributed by atoms with Crippen LogP contribution in [0, 0.1) is 0 Å². The summed E-state index contributed by atoms with van der Waals surface area (Å²) in [6, 6.07) is 9.97. The van der Waals surface area contributed by atoms with E-state index in [-0.39, 0.29) is 25.4 Å². The van der Waals surface area contributed by atoms with E-state index in [1.54, 1.807) is 23.1 Å². The molecule has 11 heteroatoms. The molecule has 1 fully saturated rings. The van der Waals surface area contributed by atoms with Crippen LogP contribution in [0.2, 0.25) is 0 Å². The summed E-state index contributed by atoms with van der Waals surface area (Å²) in [6.07, 6.45) is 1.32. The topological polar surface area (TPSA) is 112 Å². The number of fused-ring (bicyclic) bond motifs is 2. The van der Waals surface area contributed by atoms with E-state index in [4.69, 9.17) is 18.9 Å². The van der Waals surface area contributed by atoms with Gasteiger partial charge in [-0.25, -0.2) is 0 Å². The first kappa shape index (κ1) is 19.8. The van der Waals surface area contributed by atoms with Crippen molar-refractivity contribution in [2.75, 3.05) is 25.4 Å². The third-order valence-electron chi connectivity index (χ3n) is 5.71. The van der Waals surface area contributed by atoms with Crippen molar-refractivity contribution in [3.05, 3.63) is 42.0 Å². The SMILES string of the molecule is O=C(Nc1nnc(-c2ccc3c(c2)OCO3)s1)C1CCCN1C(=O)c1ccc2c(c1)OCO2. The van der Waals surface area contributed by atoms with E-state index in [9.17, 15) is 9.59 Å². The fourth-order valence-corrected chi connectivity index (χ4v) is 4.83. The molecule has 1 N–H and O–H groups in total. The van der Waals surface area contributed by atoms with Crippen molar-refractivity contribution < 1.29 is 28.5 Å². The van der Waals surface area contributed by atoms with E-state index in [1.807, 2.05) is 18.2 Å². The van der Waals surface area contributed by atoms with Gasteiger partial charge in [-0.2, -0.15) is 0 Å². The highest BCUT2D eigenvalue weighted by molar-refractivity contribution is 7.18. The van der Waals surface area contributed by atoms with Crippen LogP contribution in [0.3, 0.4) is 0 Å². The maximum atomic E-state index is 13.1. The number of nitrogens with zero attached hydrogens (tertiary/aromatic N) is 3. The van der Waals surface area contributed by atoms with Gasteiger partial charge in [0.25, 0.3) is 5.91 Å². The molecule has 33 heavy (non-hydrogen) atoms. The number of anilines is 1. The van der Waals surface area contributed by atoms with Crippen LogP contribution in [0.15, 0.2) is 36.4 Å². The Balaban J connectivity index is 1.16. The molecule has 0 bridgehead atoms. The zero-order valence-corrected chi connectivity index (χ0v) is 18.1. The largest absolute Gasteiger partial charge is 0.454 e. The summed E-state index contributed by atoms with van der Waals surface area (Å²) in [4.78, 5) is 27.7. The second kappa shape index (κ2) is 7.93. The number of aromatic nitrogens is 2. The number of carbonyl (C=O) groups excluding carboxylic acids is 2. The minimum Gasteiger partial charge on any atom is -0.454 e. The predicted molar refractivity (Wildman–Crippen MR) is 117 cm³/mol. The van der Waals surface area contributed by atoms with Crippen LogP contribution in [-0.4, -0.2) is 53.1 Å². The van der Waals surface area contributed by atoms with Gasteiger partial charge in [-0.3, -0.25) is 14.9 Å². The molecular weight excluding hydrogens is 448 g/mol. The molecule has 0 aliphatic carbocycles. The first-order valence-electron chi connectivity index (χ1n) is 10.4. The van der Waals surface area contributed by atoms with E-state index >= 15 is 0 Å². The second-order valence-electron chi connectivity index (χ2n) is 7.69. The molecule has 3 aliphatic heterocycles. The molecule has 10 nitrogen and oxygen atoms in total. The van der Waals surface area contributed by atoms with Crippen LogP contribution in [-0.2, 0) is 4.79 Å². The van der Waals surface area contributed by atoms with E-state index in [2.05, 4.69) is 15.5 Å². The molecule has 0 saturated carbocycles. The van der Waals surface area contributed by atoms with Crippen LogP contribution in [0.4, 0.5) is 5.13 Å². The van der Waals surface area contributed by atoms with Crippen LogP contribution < -0.4 is 24.3 Å². The lowest BCUT2D eigenvalue weighted by Gasteiger charge is -2.23. The minimum atomic E-state index is -0.583. The Morgan fingerprint density at radius 3 is 2.48 bits per heavy atom. The molecule has 3 aromatic rings. The van der Waals surface area contributed by atoms with Crippen LogP contribution in [0.5, 0.6) is 23.0 Å². The second-order valence-corrected chi connectivity index (χ2v) is 8.67. The number of hydrogen-bond donors (Lipinski definition) is 1. The molecule has 1 aromatic heterocycles. The molecule has 1 atom stereocenters. The molecule has 2 amide bonds. The minimum absolute atomic E-state index is 0.137. The van der Waals surface area contributed by atoms with Gasteiger partial charge in [-0.1, -0.05) is 11.3 Å². The number of nitrogens with one attached hydrogen (secondary N) is 1. The standard InChI is InChI=1S/C22H18N4O6S/c27-19(23-22-25-24-20(33-22)12-3-5-15-17(8-12)31-10-29-15)14-2-1-7-26(14)21(28)13-4-6-16-18(9-13)32-11-30-16/h3-6,8-9,14H,1-2,7,10-11H2,(H,23,25,27). The molecule has 168 valence electrons. The van der Waals surface area contributed by atoms with E-state index in [0.717, 1.165) is 12.0 Å². The number of amides is 2. The molecule has 1 unspecified atom stereocenters. The summed E-state index contributed by atoms with van der Waals surface area (Å²) in [5.41, 5.74) is 1.28. The Hall–Kier alpha value is -3.86. The molecule has 6 rings (SSSR count). The van der Waals surface area contributed by atoms with Crippen molar-refractivity contribution in [2.45, 2.75) is 18.9 Å². The van der Waals surface area contributed by atoms with Gasteiger partial charge in [0, 0.05) is 17.7 Å². The molecule has 3 aliphatic rings. The Morgan fingerprint density at radius 1 is 0.939 bits per heavy atom. The molecule has 0 spiro atoms. The van der Waals surface area contributed by atoms with E-state index in [1.165, 1.54) is 11.3 Å². The van der Waals surface area contributed by atoms with Gasteiger partial charge < -0.3 is 23.8 Å². The number of ether oxygens (including phenoxy) is 4. The third-order valence-corrected chi connectivity index (χ3v) is 6.60. The van der Waals surface area contributed by atoms with Crippen LogP contribution >= 0.6 is 11.3 Å². The lowest BCUT2D eigenvalue weighted by Crippen LogP contribution is -2.43. The monoisotopic (exact) mass is 466 g/mol. The van der Waals surface area contributed by atoms with Crippen LogP contribution in [0.1, 0.15) is 23.2 Å². The van der Waals surface area contributed by atoms with Crippen molar-refractivity contribution in [3.63, 3.8) is 0 Å². The highest BCUT2D eigenvalue weighted by Crippen LogP contribution is 2.37. The Morgan fingerprint density at radius 2 is 1.67 bits per heavy atom. The van der Waals surface area contributed by atoms with Crippen molar-refractivity contribution in [1.82, 2.24) is 15.1 Å². The Labute approximate surface area is 192 Å². The van der Waals surface area contributed by atoms with Crippen molar-refractivity contribution in [2.24, 2.45) is 0 Å². The molecule has 0 radical (unpaired) electrons. The summed E-state index contributed by atoms with van der Waals surface area (Å²) < 4.78 is 21.4. The van der Waals surface area contributed by atoms with Gasteiger partial charge in [-0.05, 0) is 49.2 Å². The lowest BCUT2D eigenvalue weighted by molar-refractivity contribution is -0.119. The molecule has 2 aromatic carbocycles. The van der Waals surface area contributed by atoms with Gasteiger partial charge in [-0.15, -0.1) is 10.2 Å². The van der Waals surface area contributed by atoms with Crippen molar-refractivity contribution >= 4 is 28.3 Å². The zero-order valence-electron chi connectivity index (χ0n) is 17.3. The zero-order chi connectivity index (χ0) is 22.4. The van der Waals surface area contributed by atoms with Crippen molar-refractivity contribution in [1.29, 1.82) is 0 Å². The summed E-state index contributed by atoms with van der Waals surface area (Å²) in [5.74, 6) is 1.98. The van der Waals surface area contributed by atoms with Gasteiger partial charge in [0.1, 0.15) is 11.0 Å². The van der Waals surface area contributed by atoms with Gasteiger partial charge in [0.05, 0.1) is 0 Å². The fraction of sp³-hybridized carbons (Fsp3) is 0.273. The average Bonchev–Trinajstić information content (AvgIpc) is 3.63. The van der Waals surface area contributed by atoms with Gasteiger partial charge in [0.2, 0.25) is 24.6 Å². The van der Waals surface area contributed by atoms with Gasteiger partial charge in [0.15, 0.2) is 23.0 Å². The maximum Gasteiger partial charge on any atom is 0.254 e. The van der Waals surface area contributed by atoms with E-state index < -0.39 is 6.04 Å². The lowest BCUT2D eigenvalue weighted by atomic mass is 10.1. The number of hydrogen-bond acceptors (Lipinski definition) is 9. The third kappa shape index (κ3) is 3.59. The van der Waals surface area contributed by atoms with Gasteiger partial charge >= 0.3 is 0 Å². The first-order chi connectivity index (χ1) is 16.2. The smallest absolute Gasteiger partial charge is 0.254 e. The molecule has 1 saturated heterocycles. The van der Waals surface area contributed by atoms with Crippen molar-refractivity contribution in [3.8, 4) is 33.6 Å². The first-order valence-corrected chi connectivity index (χ1v) is 11.2.